The van der Waals surface area contributed by atoms with Gasteiger partial charge in [-0.2, -0.15) is 8.42 Å². The van der Waals surface area contributed by atoms with E-state index < -0.39 is 10.1 Å². The van der Waals surface area contributed by atoms with E-state index >= 15 is 0 Å². The first kappa shape index (κ1) is 11.9. The summed E-state index contributed by atoms with van der Waals surface area (Å²) in [5.74, 6) is 0.287. The first-order valence-electron chi connectivity index (χ1n) is 4.24. The van der Waals surface area contributed by atoms with Gasteiger partial charge in [-0.3, -0.25) is 4.55 Å². The van der Waals surface area contributed by atoms with Gasteiger partial charge in [-0.15, -0.1) is 0 Å². The molecule has 0 saturated heterocycles. The Balaban J connectivity index is 3.34. The molecule has 73 valence electrons. The van der Waals surface area contributed by atoms with E-state index in [9.17, 15) is 8.42 Å². The van der Waals surface area contributed by atoms with Crippen molar-refractivity contribution in [2.45, 2.75) is 32.6 Å². The Labute approximate surface area is 74.9 Å². The predicted molar refractivity (Wildman–Crippen MR) is 49.4 cm³/mol. The van der Waals surface area contributed by atoms with E-state index in [2.05, 4.69) is 13.8 Å². The quantitative estimate of drug-likeness (QED) is 0.518. The smallest absolute Gasteiger partial charge is 0.264 e. The molecule has 0 rings (SSSR count). The van der Waals surface area contributed by atoms with Crippen molar-refractivity contribution in [3.8, 4) is 0 Å². The van der Waals surface area contributed by atoms with Gasteiger partial charge in [0, 0.05) is 0 Å². The Hall–Kier alpha value is -0.0900. The van der Waals surface area contributed by atoms with E-state index in [0.29, 0.717) is 12.3 Å². The van der Waals surface area contributed by atoms with Crippen LogP contribution in [0.1, 0.15) is 32.6 Å². The maximum absolute atomic E-state index is 10.3. The van der Waals surface area contributed by atoms with Crippen LogP contribution >= 0.6 is 0 Å². The summed E-state index contributed by atoms with van der Waals surface area (Å²) in [5.41, 5.74) is 0. The molecule has 1 atom stereocenters. The van der Waals surface area contributed by atoms with Crippen LogP contribution in [0.25, 0.3) is 0 Å². The first-order chi connectivity index (χ1) is 5.45. The van der Waals surface area contributed by atoms with Crippen LogP contribution in [0.2, 0.25) is 0 Å². The normalized spacial score (nSPS) is 14.6. The highest BCUT2D eigenvalue weighted by Gasteiger charge is 2.04. The summed E-state index contributed by atoms with van der Waals surface area (Å²) in [4.78, 5) is 0. The molecule has 0 heterocycles. The maximum Gasteiger partial charge on any atom is 0.264 e. The third-order valence-corrected chi connectivity index (χ3v) is 2.65. The van der Waals surface area contributed by atoms with E-state index in [1.165, 1.54) is 0 Å². The molecule has 0 spiro atoms. The molecule has 0 aromatic carbocycles. The Morgan fingerprint density at radius 2 is 2.00 bits per heavy atom. The van der Waals surface area contributed by atoms with Crippen molar-refractivity contribution in [2.75, 3.05) is 5.75 Å². The zero-order chi connectivity index (χ0) is 9.61. The lowest BCUT2D eigenvalue weighted by molar-refractivity contribution is 0.475. The van der Waals surface area contributed by atoms with Gasteiger partial charge in [-0.1, -0.05) is 33.1 Å². The van der Waals surface area contributed by atoms with Gasteiger partial charge < -0.3 is 0 Å². The molecule has 0 amide bonds. The van der Waals surface area contributed by atoms with Crippen molar-refractivity contribution >= 4 is 10.1 Å². The number of rotatable bonds is 6. The van der Waals surface area contributed by atoms with Gasteiger partial charge >= 0.3 is 0 Å². The highest BCUT2D eigenvalue weighted by atomic mass is 32.2. The second-order valence-corrected chi connectivity index (χ2v) is 4.63. The van der Waals surface area contributed by atoms with Gasteiger partial charge in [0.15, 0.2) is 0 Å². The number of hydrogen-bond donors (Lipinski definition) is 1. The molecule has 0 aromatic heterocycles. The summed E-state index contributed by atoms with van der Waals surface area (Å²) in [6.07, 6.45) is 3.31. The van der Waals surface area contributed by atoms with Crippen molar-refractivity contribution in [2.24, 2.45) is 5.92 Å². The lowest BCUT2D eigenvalue weighted by Gasteiger charge is -2.05. The van der Waals surface area contributed by atoms with Crippen LogP contribution in [0.15, 0.2) is 0 Å². The Bertz CT molecular complexity index is 196. The minimum atomic E-state index is -3.75. The monoisotopic (exact) mass is 193 g/mol. The molecule has 3 nitrogen and oxygen atoms in total. The zero-order valence-corrected chi connectivity index (χ0v) is 8.31. The van der Waals surface area contributed by atoms with Crippen LogP contribution in [0, 0.1) is 12.8 Å². The second-order valence-electron chi connectivity index (χ2n) is 3.06. The molecule has 12 heavy (non-hydrogen) atoms. The second kappa shape index (κ2) is 5.54. The third-order valence-electron chi connectivity index (χ3n) is 1.84. The van der Waals surface area contributed by atoms with Crippen molar-refractivity contribution in [1.29, 1.82) is 0 Å². The summed E-state index contributed by atoms with van der Waals surface area (Å²) < 4.78 is 29.0. The molecule has 1 unspecified atom stereocenters. The van der Waals surface area contributed by atoms with Crippen LogP contribution in [-0.4, -0.2) is 18.7 Å². The van der Waals surface area contributed by atoms with E-state index in [4.69, 9.17) is 4.55 Å². The molecule has 0 saturated carbocycles. The van der Waals surface area contributed by atoms with Crippen LogP contribution in [-0.2, 0) is 10.1 Å². The van der Waals surface area contributed by atoms with Crippen LogP contribution in [0.4, 0.5) is 0 Å². The van der Waals surface area contributed by atoms with Crippen molar-refractivity contribution in [3.05, 3.63) is 6.92 Å². The van der Waals surface area contributed by atoms with E-state index in [1.807, 2.05) is 0 Å². The van der Waals surface area contributed by atoms with Gasteiger partial charge in [0.25, 0.3) is 10.1 Å². The van der Waals surface area contributed by atoms with Crippen LogP contribution in [0.3, 0.4) is 0 Å². The highest BCUT2D eigenvalue weighted by Crippen LogP contribution is 2.10. The predicted octanol–water partition coefficient (Wildman–Crippen LogP) is 1.90. The van der Waals surface area contributed by atoms with Crippen molar-refractivity contribution < 1.29 is 13.0 Å². The van der Waals surface area contributed by atoms with Gasteiger partial charge in [0.05, 0.1) is 5.75 Å². The standard InChI is InChI=1S/C8H17O3S/c1-3-8(2)6-4-5-7-12(9,10)11/h8H,2-7H2,1H3,(H,9,10,11). The molecular formula is C8H17O3S. The van der Waals surface area contributed by atoms with Crippen LogP contribution < -0.4 is 0 Å². The Morgan fingerprint density at radius 1 is 1.42 bits per heavy atom. The molecule has 0 fully saturated rings. The van der Waals surface area contributed by atoms with Crippen molar-refractivity contribution in [3.63, 3.8) is 0 Å². The topological polar surface area (TPSA) is 54.4 Å². The minimum absolute atomic E-state index is 0.122. The summed E-state index contributed by atoms with van der Waals surface area (Å²) in [5, 5.41) is 0. The van der Waals surface area contributed by atoms with Gasteiger partial charge in [0.2, 0.25) is 0 Å². The molecule has 0 aliphatic rings. The van der Waals surface area contributed by atoms with Gasteiger partial charge in [-0.05, 0) is 12.3 Å². The fourth-order valence-corrected chi connectivity index (χ4v) is 1.49. The highest BCUT2D eigenvalue weighted by molar-refractivity contribution is 7.85. The molecule has 0 aliphatic carbocycles. The molecule has 4 heteroatoms. The molecular weight excluding hydrogens is 176 g/mol. The largest absolute Gasteiger partial charge is 0.286 e. The van der Waals surface area contributed by atoms with Crippen LogP contribution in [0.5, 0.6) is 0 Å². The molecule has 0 bridgehead atoms. The summed E-state index contributed by atoms with van der Waals surface area (Å²) in [6, 6.07) is 0. The average Bonchev–Trinajstić information content (AvgIpc) is 1.96. The van der Waals surface area contributed by atoms with E-state index in [0.717, 1.165) is 19.3 Å². The lowest BCUT2D eigenvalue weighted by atomic mass is 10.0. The molecule has 0 aliphatic heterocycles. The lowest BCUT2D eigenvalue weighted by Crippen LogP contribution is -2.04. The molecule has 1 N–H and O–H groups in total. The summed E-state index contributed by atoms with van der Waals surface area (Å²) >= 11 is 0. The number of unbranched alkanes of at least 4 members (excludes halogenated alkanes) is 1. The first-order valence-corrected chi connectivity index (χ1v) is 5.85. The maximum atomic E-state index is 10.3. The average molecular weight is 193 g/mol. The van der Waals surface area contributed by atoms with Crippen molar-refractivity contribution in [1.82, 2.24) is 0 Å². The molecule has 1 radical (unpaired) electrons. The summed E-state index contributed by atoms with van der Waals surface area (Å²) in [6.45, 7) is 5.93. The fourth-order valence-electron chi connectivity index (χ4n) is 0.922. The zero-order valence-electron chi connectivity index (χ0n) is 7.49. The number of hydrogen-bond acceptors (Lipinski definition) is 2. The molecule has 0 aromatic rings. The fraction of sp³-hybridized carbons (Fsp3) is 0.875. The van der Waals surface area contributed by atoms with Gasteiger partial charge in [0.1, 0.15) is 0 Å². The SMILES string of the molecule is [CH2]C(CC)CCCCS(=O)(=O)O. The Kier molecular flexibility index (Phi) is 5.50. The summed E-state index contributed by atoms with van der Waals surface area (Å²) in [7, 11) is -3.75. The minimum Gasteiger partial charge on any atom is -0.286 e. The third kappa shape index (κ3) is 8.01. The van der Waals surface area contributed by atoms with E-state index in [-0.39, 0.29) is 5.75 Å². The van der Waals surface area contributed by atoms with Gasteiger partial charge in [-0.25, -0.2) is 0 Å². The van der Waals surface area contributed by atoms with E-state index in [1.54, 1.807) is 0 Å². The Morgan fingerprint density at radius 3 is 2.42 bits per heavy atom.